The second-order valence-electron chi connectivity index (χ2n) is 14.7. The molecule has 1 aromatic heterocycles. The van der Waals surface area contributed by atoms with Crippen molar-refractivity contribution in [1.29, 1.82) is 10.8 Å². The number of carbonyl (C=O) groups excluding carboxylic acids is 2. The van der Waals surface area contributed by atoms with Crippen molar-refractivity contribution in [2.75, 3.05) is 58.5 Å². The van der Waals surface area contributed by atoms with Crippen LogP contribution in [0.15, 0.2) is 73.1 Å². The number of amidine groups is 1. The third-order valence-corrected chi connectivity index (χ3v) is 8.81. The Hall–Kier alpha value is -5.38. The highest BCUT2D eigenvalue weighted by atomic mass is 16.6. The Labute approximate surface area is 343 Å². The molecule has 15 heteroatoms. The molecule has 0 radical (unpaired) electrons. The fraction of sp³-hybridized carbons (Fsp3) is 0.488. The first-order chi connectivity index (χ1) is 27.7. The predicted molar refractivity (Wildman–Crippen MR) is 226 cm³/mol. The van der Waals surface area contributed by atoms with E-state index < -0.39 is 17.1 Å². The minimum Gasteiger partial charge on any atom is -0.494 e. The van der Waals surface area contributed by atoms with Crippen LogP contribution in [0, 0.1) is 10.8 Å². The van der Waals surface area contributed by atoms with Crippen LogP contribution in [-0.2, 0) is 19.0 Å². The van der Waals surface area contributed by atoms with Gasteiger partial charge in [-0.3, -0.25) is 15.2 Å². The van der Waals surface area contributed by atoms with Crippen LogP contribution in [0.3, 0.4) is 0 Å². The van der Waals surface area contributed by atoms with Crippen molar-refractivity contribution in [3.63, 3.8) is 0 Å². The Balaban J connectivity index is 0.000000330. The van der Waals surface area contributed by atoms with Crippen LogP contribution in [-0.4, -0.2) is 110 Å². The molecule has 0 saturated carbocycles. The number of pyridine rings is 1. The normalized spacial score (nSPS) is 13.6. The van der Waals surface area contributed by atoms with E-state index in [4.69, 9.17) is 40.6 Å². The number of nitrogens with one attached hydrogen (secondary N) is 4. The zero-order chi connectivity index (χ0) is 42.8. The number of rotatable bonds is 20. The van der Waals surface area contributed by atoms with Crippen molar-refractivity contribution in [1.82, 2.24) is 15.2 Å². The highest BCUT2D eigenvalue weighted by Gasteiger charge is 2.35. The maximum Gasteiger partial charge on any atom is 0.410 e. The molecule has 1 fully saturated rings. The highest BCUT2D eigenvalue weighted by molar-refractivity contribution is 5.94. The molecule has 0 bridgehead atoms. The Bertz CT molecular complexity index is 1660. The molecule has 2 aromatic carbocycles. The van der Waals surface area contributed by atoms with E-state index in [1.807, 2.05) is 46.0 Å². The lowest BCUT2D eigenvalue weighted by Crippen LogP contribution is -2.52. The third-order valence-electron chi connectivity index (χ3n) is 8.81. The summed E-state index contributed by atoms with van der Waals surface area (Å²) in [4.78, 5) is 38.7. The molecule has 1 amide bonds. The number of aldehydes is 1. The lowest BCUT2D eigenvalue weighted by atomic mass is 9.88. The number of amides is 1. The van der Waals surface area contributed by atoms with E-state index in [9.17, 15) is 14.4 Å². The van der Waals surface area contributed by atoms with Gasteiger partial charge in [-0.1, -0.05) is 24.3 Å². The molecule has 0 unspecified atom stereocenters. The lowest BCUT2D eigenvalue weighted by molar-refractivity contribution is -0.142. The molecule has 1 saturated heterocycles. The number of benzene rings is 2. The number of carboxylic acids is 1. The van der Waals surface area contributed by atoms with Gasteiger partial charge in [0.15, 0.2) is 0 Å². The summed E-state index contributed by atoms with van der Waals surface area (Å²) in [5, 5.41) is 29.8. The topological polar surface area (TPSA) is 222 Å². The van der Waals surface area contributed by atoms with Crippen LogP contribution in [0.5, 0.6) is 5.75 Å². The van der Waals surface area contributed by atoms with Crippen LogP contribution in [0.1, 0.15) is 93.7 Å². The number of unbranched alkanes of at least 4 members (excludes halogenated alkanes) is 2. The van der Waals surface area contributed by atoms with Crippen molar-refractivity contribution in [3.8, 4) is 5.75 Å². The van der Waals surface area contributed by atoms with E-state index in [0.717, 1.165) is 50.0 Å². The Morgan fingerprint density at radius 1 is 0.966 bits per heavy atom. The van der Waals surface area contributed by atoms with E-state index >= 15 is 0 Å². The molecule has 7 N–H and O–H groups in total. The molecule has 0 spiro atoms. The number of nitrogens with zero attached hydrogens (tertiary/aromatic N) is 2. The number of carbonyl (C=O) groups is 3. The molecule has 1 aliphatic heterocycles. The molecule has 58 heavy (non-hydrogen) atoms. The summed E-state index contributed by atoms with van der Waals surface area (Å²) in [6.45, 7) is 10.9. The summed E-state index contributed by atoms with van der Waals surface area (Å²) in [5.41, 5.74) is 7.49. The Morgan fingerprint density at radius 3 is 2.17 bits per heavy atom. The SMILES string of the molecule is CC(C)(C)OC(=O)N1CCC(C=N)(Nc2cccc(C=O)c2)CC1.CN[C@@H](C)c1ccc(OCCCCCOCCCOCC(=O)O)cc1.N=C(N)c1ccncc1. The van der Waals surface area contributed by atoms with Crippen LogP contribution in [0.4, 0.5) is 10.5 Å². The average Bonchev–Trinajstić information content (AvgIpc) is 3.21. The average molecular weight is 806 g/mol. The number of ether oxygens (including phenoxy) is 4. The van der Waals surface area contributed by atoms with E-state index in [1.54, 1.807) is 47.6 Å². The molecule has 4 rings (SSSR count). The number of aromatic nitrogens is 1. The van der Waals surface area contributed by atoms with Crippen molar-refractivity contribution >= 4 is 36.1 Å². The number of anilines is 1. The van der Waals surface area contributed by atoms with Crippen LogP contribution < -0.4 is 21.1 Å². The van der Waals surface area contributed by atoms with E-state index in [2.05, 4.69) is 34.7 Å². The number of aliphatic carboxylic acids is 1. The van der Waals surface area contributed by atoms with Gasteiger partial charge in [0.25, 0.3) is 0 Å². The maximum atomic E-state index is 12.1. The quantitative estimate of drug-likeness (QED) is 0.0303. The summed E-state index contributed by atoms with van der Waals surface area (Å²) >= 11 is 0. The molecular weight excluding hydrogens is 743 g/mol. The summed E-state index contributed by atoms with van der Waals surface area (Å²) < 4.78 is 21.5. The van der Waals surface area contributed by atoms with Crippen molar-refractivity contribution in [2.45, 2.75) is 83.4 Å². The Morgan fingerprint density at radius 2 is 1.60 bits per heavy atom. The Kier molecular flexibility index (Phi) is 22.3. The zero-order valence-corrected chi connectivity index (χ0v) is 34.6. The van der Waals surface area contributed by atoms with Gasteiger partial charge in [0.2, 0.25) is 0 Å². The first-order valence-electron chi connectivity index (χ1n) is 19.6. The maximum absolute atomic E-state index is 12.1. The summed E-state index contributed by atoms with van der Waals surface area (Å²) in [6.07, 6.45) is 10.1. The summed E-state index contributed by atoms with van der Waals surface area (Å²) in [6, 6.07) is 19.1. The van der Waals surface area contributed by atoms with Crippen molar-refractivity contribution in [2.24, 2.45) is 5.73 Å². The van der Waals surface area contributed by atoms with Crippen LogP contribution in [0.2, 0.25) is 0 Å². The number of carboxylic acid groups (broad SMARTS) is 1. The fourth-order valence-electron chi connectivity index (χ4n) is 5.45. The number of hydrogen-bond acceptors (Lipinski definition) is 12. The lowest BCUT2D eigenvalue weighted by Gasteiger charge is -2.40. The fourth-order valence-corrected chi connectivity index (χ4v) is 5.45. The molecule has 1 atom stereocenters. The molecule has 318 valence electrons. The molecule has 3 aromatic rings. The van der Waals surface area contributed by atoms with Gasteiger partial charge in [0, 0.05) is 74.4 Å². The van der Waals surface area contributed by atoms with Crippen molar-refractivity contribution in [3.05, 3.63) is 89.7 Å². The van der Waals surface area contributed by atoms with Crippen LogP contribution in [0.25, 0.3) is 0 Å². The zero-order valence-electron chi connectivity index (χ0n) is 34.6. The van der Waals surface area contributed by atoms with Gasteiger partial charge in [-0.2, -0.15) is 0 Å². The number of nitrogen functional groups attached to an aromatic ring is 1. The smallest absolute Gasteiger partial charge is 0.410 e. The first-order valence-corrected chi connectivity index (χ1v) is 19.6. The first kappa shape index (κ1) is 48.8. The minimum absolute atomic E-state index is 0.0809. The van der Waals surface area contributed by atoms with E-state index in [0.29, 0.717) is 62.9 Å². The van der Waals surface area contributed by atoms with Gasteiger partial charge in [-0.25, -0.2) is 9.59 Å². The van der Waals surface area contributed by atoms with Gasteiger partial charge in [0.1, 0.15) is 30.1 Å². The van der Waals surface area contributed by atoms with E-state index in [-0.39, 0.29) is 18.5 Å². The van der Waals surface area contributed by atoms with Gasteiger partial charge >= 0.3 is 12.1 Å². The van der Waals surface area contributed by atoms with Gasteiger partial charge < -0.3 is 50.7 Å². The highest BCUT2D eigenvalue weighted by Crippen LogP contribution is 2.27. The number of piperidine rings is 1. The monoisotopic (exact) mass is 805 g/mol. The number of nitrogens with two attached hydrogens (primary N) is 1. The molecule has 15 nitrogen and oxygen atoms in total. The second-order valence-corrected chi connectivity index (χ2v) is 14.7. The molecular formula is C43H63N7O8. The molecule has 1 aliphatic rings. The summed E-state index contributed by atoms with van der Waals surface area (Å²) in [7, 11) is 1.95. The van der Waals surface area contributed by atoms with Crippen LogP contribution >= 0.6 is 0 Å². The molecule has 2 heterocycles. The standard InChI is InChI=1S/C19H31NO5.C18H25N3O3.C6H7N3/c1-16(20-2)17-7-9-18(10-8-17)25-14-5-3-4-11-23-12-6-13-24-15-19(21)22;1-17(2,3)24-16(23)21-9-7-18(13-19,8-10-21)20-15-6-4-5-14(11-15)12-22;7-6(8)5-1-3-9-4-2-5/h7-10,16,20H,3-6,11-15H2,1-2H3,(H,21,22);4-6,11-13,19-20H,7-10H2,1-3H3;1-4H,(H3,7,8)/t16-;;/m0../s1. The number of likely N-dealkylation sites (tertiary alicyclic amines) is 1. The van der Waals surface area contributed by atoms with Gasteiger partial charge in [-0.15, -0.1) is 0 Å². The third kappa shape index (κ3) is 20.2. The predicted octanol–water partition coefficient (Wildman–Crippen LogP) is 6.72. The van der Waals surface area contributed by atoms with E-state index in [1.165, 1.54) is 11.8 Å². The minimum atomic E-state index is -0.938. The second kappa shape index (κ2) is 26.5. The summed E-state index contributed by atoms with van der Waals surface area (Å²) in [5.74, 6) is 0.0497. The van der Waals surface area contributed by atoms with Gasteiger partial charge in [-0.05, 0) is 115 Å². The number of hydrogen-bond donors (Lipinski definition) is 6. The van der Waals surface area contributed by atoms with Crippen molar-refractivity contribution < 1.29 is 38.4 Å². The van der Waals surface area contributed by atoms with Gasteiger partial charge in [0.05, 0.1) is 12.1 Å². The largest absolute Gasteiger partial charge is 0.494 e. The molecule has 0 aliphatic carbocycles.